The Morgan fingerprint density at radius 3 is 2.00 bits per heavy atom. The summed E-state index contributed by atoms with van der Waals surface area (Å²) in [5, 5.41) is 17.4. The van der Waals surface area contributed by atoms with Crippen LogP contribution in [0.25, 0.3) is 0 Å². The molecule has 1 atom stereocenters. The Balaban J connectivity index is 3.24. The van der Waals surface area contributed by atoms with Gasteiger partial charge >= 0.3 is 0 Å². The molecule has 0 aromatic heterocycles. The van der Waals surface area contributed by atoms with Gasteiger partial charge in [-0.3, -0.25) is 9.59 Å². The van der Waals surface area contributed by atoms with Crippen LogP contribution in [-0.2, 0) is 4.79 Å². The number of nitrogens with zero attached hydrogens (tertiary/aromatic N) is 2. The largest absolute Gasteiger partial charge is 0.296 e. The second-order valence-corrected chi connectivity index (χ2v) is 3.36. The first-order valence-electron chi connectivity index (χ1n) is 4.63. The van der Waals surface area contributed by atoms with Crippen molar-refractivity contribution in [1.29, 1.82) is 10.5 Å². The Morgan fingerprint density at radius 2 is 1.65 bits per heavy atom. The predicted molar refractivity (Wildman–Crippen MR) is 55.8 cm³/mol. The lowest BCUT2D eigenvalue weighted by atomic mass is 10.00. The number of carbonyl (C=O) groups is 2. The van der Waals surface area contributed by atoms with Gasteiger partial charge in [0.1, 0.15) is 0 Å². The van der Waals surface area contributed by atoms with Crippen molar-refractivity contribution in [2.24, 2.45) is 0 Å². The predicted octanol–water partition coefficient (Wildman–Crippen LogP) is 1.54. The molecule has 0 fully saturated rings. The van der Waals surface area contributed by atoms with Crippen molar-refractivity contribution < 1.29 is 14.0 Å². The Bertz CT molecular complexity index is 535. The van der Waals surface area contributed by atoms with E-state index in [4.69, 9.17) is 10.5 Å². The van der Waals surface area contributed by atoms with Crippen LogP contribution in [0.4, 0.5) is 4.39 Å². The lowest BCUT2D eigenvalue weighted by molar-refractivity contribution is -0.120. The minimum atomic E-state index is -2.25. The maximum atomic E-state index is 13.2. The average molecular weight is 230 g/mol. The second-order valence-electron chi connectivity index (χ2n) is 3.36. The molecule has 0 amide bonds. The highest BCUT2D eigenvalue weighted by atomic mass is 19.1. The van der Waals surface area contributed by atoms with Crippen LogP contribution in [-0.4, -0.2) is 17.7 Å². The lowest BCUT2D eigenvalue weighted by Crippen LogP contribution is -2.23. The van der Waals surface area contributed by atoms with Gasteiger partial charge in [-0.05, 0) is 25.1 Å². The first-order valence-corrected chi connectivity index (χ1v) is 4.63. The summed E-state index contributed by atoms with van der Waals surface area (Å²) in [7, 11) is 0. The number of rotatable bonds is 3. The van der Waals surface area contributed by atoms with Crippen molar-refractivity contribution in [3.05, 3.63) is 34.9 Å². The number of ketones is 2. The molecule has 0 aliphatic rings. The molecule has 4 nitrogen and oxygen atoms in total. The van der Waals surface area contributed by atoms with E-state index in [-0.39, 0.29) is 16.7 Å². The van der Waals surface area contributed by atoms with Crippen LogP contribution in [0.15, 0.2) is 18.2 Å². The van der Waals surface area contributed by atoms with E-state index in [0.717, 1.165) is 19.1 Å². The summed E-state index contributed by atoms with van der Waals surface area (Å²) < 4.78 is 13.2. The van der Waals surface area contributed by atoms with E-state index < -0.39 is 17.7 Å². The molecule has 84 valence electrons. The van der Waals surface area contributed by atoms with E-state index in [2.05, 4.69) is 0 Å². The molecule has 0 radical (unpaired) electrons. The van der Waals surface area contributed by atoms with Crippen LogP contribution in [0.3, 0.4) is 0 Å². The van der Waals surface area contributed by atoms with E-state index >= 15 is 0 Å². The van der Waals surface area contributed by atoms with Crippen LogP contribution in [0, 0.1) is 22.7 Å². The Labute approximate surface area is 96.9 Å². The van der Waals surface area contributed by atoms with Crippen molar-refractivity contribution >= 4 is 11.6 Å². The molecule has 0 bridgehead atoms. The average Bonchev–Trinajstić information content (AvgIpc) is 2.35. The van der Waals surface area contributed by atoms with Gasteiger partial charge in [0.05, 0.1) is 23.3 Å². The normalized spacial score (nSPS) is 11.1. The van der Waals surface area contributed by atoms with E-state index in [0.29, 0.717) is 0 Å². The molecule has 0 spiro atoms. The molecule has 17 heavy (non-hydrogen) atoms. The van der Waals surface area contributed by atoms with Gasteiger partial charge in [0.2, 0.25) is 12.0 Å². The molecule has 0 aliphatic carbocycles. The number of nitriles is 2. The van der Waals surface area contributed by atoms with E-state index in [1.54, 1.807) is 12.1 Å². The molecule has 5 heteroatoms. The zero-order valence-corrected chi connectivity index (χ0v) is 8.90. The monoisotopic (exact) mass is 230 g/mol. The van der Waals surface area contributed by atoms with Crippen molar-refractivity contribution in [2.45, 2.75) is 13.1 Å². The summed E-state index contributed by atoms with van der Waals surface area (Å²) in [6, 6.07) is 7.09. The molecular weight excluding hydrogens is 223 g/mol. The Morgan fingerprint density at radius 1 is 1.18 bits per heavy atom. The van der Waals surface area contributed by atoms with Gasteiger partial charge in [-0.1, -0.05) is 0 Å². The van der Waals surface area contributed by atoms with E-state index in [1.165, 1.54) is 6.07 Å². The molecule has 1 aromatic rings. The maximum Gasteiger partial charge on any atom is 0.220 e. The van der Waals surface area contributed by atoms with Crippen molar-refractivity contribution in [3.8, 4) is 12.1 Å². The first kappa shape index (κ1) is 12.5. The smallest absolute Gasteiger partial charge is 0.220 e. The molecule has 0 saturated carbocycles. The number of Topliss-reactive ketones (excluding diaryl/α,β-unsaturated/α-hetero) is 2. The van der Waals surface area contributed by atoms with Gasteiger partial charge in [0.25, 0.3) is 0 Å². The van der Waals surface area contributed by atoms with Gasteiger partial charge in [0.15, 0.2) is 5.78 Å². The van der Waals surface area contributed by atoms with Gasteiger partial charge in [-0.25, -0.2) is 4.39 Å². The third-order valence-electron chi connectivity index (χ3n) is 2.06. The molecule has 1 unspecified atom stereocenters. The third-order valence-corrected chi connectivity index (χ3v) is 2.06. The summed E-state index contributed by atoms with van der Waals surface area (Å²) in [5.41, 5.74) is -0.00500. The summed E-state index contributed by atoms with van der Waals surface area (Å²) >= 11 is 0. The summed E-state index contributed by atoms with van der Waals surface area (Å²) in [6.45, 7) is 0.960. The minimum Gasteiger partial charge on any atom is -0.296 e. The number of alkyl halides is 1. The number of hydrogen-bond acceptors (Lipinski definition) is 4. The van der Waals surface area contributed by atoms with Crippen LogP contribution < -0.4 is 0 Å². The molecule has 0 saturated heterocycles. The Kier molecular flexibility index (Phi) is 3.69. The minimum absolute atomic E-state index is 0.0724. The Hall–Kier alpha value is -2.53. The highest BCUT2D eigenvalue weighted by molar-refractivity contribution is 6.12. The van der Waals surface area contributed by atoms with E-state index in [1.807, 2.05) is 0 Å². The van der Waals surface area contributed by atoms with Crippen LogP contribution in [0.2, 0.25) is 0 Å². The molecular formula is C12H7FN2O2. The number of benzene rings is 1. The van der Waals surface area contributed by atoms with Crippen molar-refractivity contribution in [3.63, 3.8) is 0 Å². The number of halogens is 1. The zero-order valence-electron chi connectivity index (χ0n) is 8.90. The highest BCUT2D eigenvalue weighted by Crippen LogP contribution is 2.13. The second kappa shape index (κ2) is 5.00. The summed E-state index contributed by atoms with van der Waals surface area (Å²) in [4.78, 5) is 22.2. The molecule has 0 heterocycles. The quantitative estimate of drug-likeness (QED) is 0.582. The fourth-order valence-corrected chi connectivity index (χ4v) is 1.23. The summed E-state index contributed by atoms with van der Waals surface area (Å²) in [5.74, 6) is -1.94. The molecule has 1 aromatic carbocycles. The standard InChI is InChI=1S/C12H7FN2O2/c1-7(16)11(13)12(17)10-3-8(5-14)2-9(4-10)6-15/h2-4,11H,1H3. The van der Waals surface area contributed by atoms with Crippen molar-refractivity contribution in [1.82, 2.24) is 0 Å². The zero-order chi connectivity index (χ0) is 13.0. The third kappa shape index (κ3) is 2.73. The fourth-order valence-electron chi connectivity index (χ4n) is 1.23. The number of hydrogen-bond donors (Lipinski definition) is 0. The van der Waals surface area contributed by atoms with Crippen LogP contribution >= 0.6 is 0 Å². The number of carbonyl (C=O) groups excluding carboxylic acids is 2. The lowest BCUT2D eigenvalue weighted by Gasteiger charge is -2.04. The maximum absolute atomic E-state index is 13.2. The topological polar surface area (TPSA) is 81.7 Å². The van der Waals surface area contributed by atoms with Gasteiger partial charge < -0.3 is 0 Å². The van der Waals surface area contributed by atoms with Crippen LogP contribution in [0.1, 0.15) is 28.4 Å². The first-order chi connectivity index (χ1) is 7.99. The van der Waals surface area contributed by atoms with E-state index in [9.17, 15) is 14.0 Å². The van der Waals surface area contributed by atoms with Gasteiger partial charge in [0, 0.05) is 5.56 Å². The summed E-state index contributed by atoms with van der Waals surface area (Å²) in [6.07, 6.45) is -2.25. The SMILES string of the molecule is CC(=O)C(F)C(=O)c1cc(C#N)cc(C#N)c1. The van der Waals surface area contributed by atoms with Crippen LogP contribution in [0.5, 0.6) is 0 Å². The van der Waals surface area contributed by atoms with Gasteiger partial charge in [-0.2, -0.15) is 10.5 Å². The van der Waals surface area contributed by atoms with Crippen molar-refractivity contribution in [2.75, 3.05) is 0 Å². The molecule has 1 rings (SSSR count). The molecule has 0 aliphatic heterocycles. The highest BCUT2D eigenvalue weighted by Gasteiger charge is 2.24. The fraction of sp³-hybridized carbons (Fsp3) is 0.167. The molecule has 0 N–H and O–H groups in total. The van der Waals surface area contributed by atoms with Gasteiger partial charge in [-0.15, -0.1) is 0 Å².